The van der Waals surface area contributed by atoms with Gasteiger partial charge in [-0.3, -0.25) is 0 Å². The number of ether oxygens (including phenoxy) is 1. The molecule has 4 aromatic rings. The van der Waals surface area contributed by atoms with E-state index in [-0.39, 0.29) is 0 Å². The molecule has 4 N–H and O–H groups in total. The zero-order chi connectivity index (χ0) is 22.9. The zero-order valence-corrected chi connectivity index (χ0v) is 18.9. The van der Waals surface area contributed by atoms with Crippen molar-refractivity contribution in [3.05, 3.63) is 108 Å². The standard InChI is InChI=1S/C28H30N4O/c1-2-7-24(18-22-8-3-5-10-26(22)29)32-23-14-12-21(13-15-23)16-17-33-28-11-6-4-9-25(28)27-19-30-20-31-27/h3-15,19-20,32H,2,16-18,29H2,1H3,(H,30,31)/b24-7-. The molecule has 5 heteroatoms. The smallest absolute Gasteiger partial charge is 0.128 e. The summed E-state index contributed by atoms with van der Waals surface area (Å²) >= 11 is 0. The predicted molar refractivity (Wildman–Crippen MR) is 136 cm³/mol. The molecule has 5 nitrogen and oxygen atoms in total. The van der Waals surface area contributed by atoms with E-state index in [9.17, 15) is 0 Å². The summed E-state index contributed by atoms with van der Waals surface area (Å²) in [6, 6.07) is 24.6. The second kappa shape index (κ2) is 11.0. The predicted octanol–water partition coefficient (Wildman–Crippen LogP) is 6.23. The molecule has 0 amide bonds. The normalized spacial score (nSPS) is 11.4. The molecule has 1 aromatic heterocycles. The number of nitrogens with zero attached hydrogens (tertiary/aromatic N) is 1. The van der Waals surface area contributed by atoms with Crippen LogP contribution < -0.4 is 15.8 Å². The Kier molecular flexibility index (Phi) is 7.44. The lowest BCUT2D eigenvalue weighted by molar-refractivity contribution is 0.323. The molecule has 0 unspecified atom stereocenters. The summed E-state index contributed by atoms with van der Waals surface area (Å²) in [7, 11) is 0. The van der Waals surface area contributed by atoms with E-state index in [0.29, 0.717) is 6.61 Å². The van der Waals surface area contributed by atoms with E-state index < -0.39 is 0 Å². The maximum absolute atomic E-state index is 6.13. The van der Waals surface area contributed by atoms with Gasteiger partial charge < -0.3 is 20.8 Å². The quantitative estimate of drug-likeness (QED) is 0.257. The number of aromatic nitrogens is 2. The number of nitrogens with two attached hydrogens (primary N) is 1. The summed E-state index contributed by atoms with van der Waals surface area (Å²) in [5, 5.41) is 3.55. The van der Waals surface area contributed by atoms with Gasteiger partial charge in [-0.25, -0.2) is 4.98 Å². The van der Waals surface area contributed by atoms with Gasteiger partial charge in [0.05, 0.1) is 24.8 Å². The van der Waals surface area contributed by atoms with Gasteiger partial charge in [0.15, 0.2) is 0 Å². The fourth-order valence-corrected chi connectivity index (χ4v) is 3.75. The van der Waals surface area contributed by atoms with Crippen molar-refractivity contribution >= 4 is 11.4 Å². The summed E-state index contributed by atoms with van der Waals surface area (Å²) in [6.07, 6.45) is 8.27. The molecule has 0 saturated heterocycles. The van der Waals surface area contributed by atoms with Gasteiger partial charge in [-0.2, -0.15) is 0 Å². The first-order valence-electron chi connectivity index (χ1n) is 11.3. The molecule has 3 aromatic carbocycles. The Morgan fingerprint density at radius 3 is 2.58 bits per heavy atom. The summed E-state index contributed by atoms with van der Waals surface area (Å²) < 4.78 is 6.08. The van der Waals surface area contributed by atoms with Crippen LogP contribution in [-0.4, -0.2) is 16.6 Å². The Labute approximate surface area is 195 Å². The third kappa shape index (κ3) is 6.04. The first-order chi connectivity index (χ1) is 16.2. The van der Waals surface area contributed by atoms with Gasteiger partial charge in [0.2, 0.25) is 0 Å². The highest BCUT2D eigenvalue weighted by Gasteiger charge is 2.07. The first kappa shape index (κ1) is 22.2. The number of para-hydroxylation sites is 2. The van der Waals surface area contributed by atoms with Crippen LogP contribution in [0, 0.1) is 0 Å². The van der Waals surface area contributed by atoms with E-state index in [1.165, 1.54) is 5.56 Å². The molecule has 0 atom stereocenters. The second-order valence-corrected chi connectivity index (χ2v) is 7.90. The minimum Gasteiger partial charge on any atom is -0.493 e. The lowest BCUT2D eigenvalue weighted by atomic mass is 10.1. The Bertz CT molecular complexity index is 1180. The van der Waals surface area contributed by atoms with Gasteiger partial charge in [0.25, 0.3) is 0 Å². The molecule has 0 saturated carbocycles. The third-order valence-corrected chi connectivity index (χ3v) is 5.47. The van der Waals surface area contributed by atoms with Gasteiger partial charge in [-0.1, -0.05) is 55.5 Å². The van der Waals surface area contributed by atoms with Crippen LogP contribution in [-0.2, 0) is 12.8 Å². The molecule has 0 bridgehead atoms. The van der Waals surface area contributed by atoms with Gasteiger partial charge >= 0.3 is 0 Å². The lowest BCUT2D eigenvalue weighted by Gasteiger charge is -2.14. The van der Waals surface area contributed by atoms with Crippen molar-refractivity contribution in [1.82, 2.24) is 9.97 Å². The Morgan fingerprint density at radius 1 is 1.03 bits per heavy atom. The van der Waals surface area contributed by atoms with Crippen LogP contribution in [0.25, 0.3) is 11.3 Å². The van der Waals surface area contributed by atoms with E-state index in [0.717, 1.165) is 58.9 Å². The number of benzene rings is 3. The van der Waals surface area contributed by atoms with E-state index in [4.69, 9.17) is 10.5 Å². The van der Waals surface area contributed by atoms with Gasteiger partial charge in [-0.15, -0.1) is 0 Å². The number of nitrogens with one attached hydrogen (secondary N) is 2. The van der Waals surface area contributed by atoms with Gasteiger partial charge in [0.1, 0.15) is 5.75 Å². The lowest BCUT2D eigenvalue weighted by Crippen LogP contribution is -2.06. The Morgan fingerprint density at radius 2 is 1.82 bits per heavy atom. The number of hydrogen-bond acceptors (Lipinski definition) is 4. The van der Waals surface area contributed by atoms with Gasteiger partial charge in [0, 0.05) is 35.5 Å². The number of nitrogen functional groups attached to an aromatic ring is 1. The largest absolute Gasteiger partial charge is 0.493 e. The molecule has 0 aliphatic heterocycles. The third-order valence-electron chi connectivity index (χ3n) is 5.47. The number of imidazole rings is 1. The molecule has 0 radical (unpaired) electrons. The number of allylic oxidation sites excluding steroid dienone is 2. The molecule has 1 heterocycles. The van der Waals surface area contributed by atoms with Crippen LogP contribution in [0.15, 0.2) is 97.1 Å². The molecule has 4 rings (SSSR count). The number of hydrogen-bond donors (Lipinski definition) is 3. The molecule has 0 fully saturated rings. The van der Waals surface area contributed by atoms with Crippen LogP contribution in [0.2, 0.25) is 0 Å². The number of anilines is 2. The van der Waals surface area contributed by atoms with Crippen LogP contribution in [0.1, 0.15) is 24.5 Å². The Hall–Kier alpha value is -3.99. The van der Waals surface area contributed by atoms with Crippen LogP contribution in [0.5, 0.6) is 5.75 Å². The molecular weight excluding hydrogens is 408 g/mol. The van der Waals surface area contributed by atoms with Crippen molar-refractivity contribution in [2.24, 2.45) is 0 Å². The first-order valence-corrected chi connectivity index (χ1v) is 11.3. The average Bonchev–Trinajstić information content (AvgIpc) is 3.37. The van der Waals surface area contributed by atoms with Crippen molar-refractivity contribution in [3.8, 4) is 17.0 Å². The highest BCUT2D eigenvalue weighted by molar-refractivity contribution is 5.66. The average molecular weight is 439 g/mol. The molecule has 0 aliphatic rings. The van der Waals surface area contributed by atoms with E-state index in [1.807, 2.05) is 42.5 Å². The van der Waals surface area contributed by atoms with Crippen LogP contribution >= 0.6 is 0 Å². The summed E-state index contributed by atoms with van der Waals surface area (Å²) in [5.74, 6) is 0.856. The van der Waals surface area contributed by atoms with Crippen molar-refractivity contribution in [2.75, 3.05) is 17.7 Å². The molecule has 0 aliphatic carbocycles. The second-order valence-electron chi connectivity index (χ2n) is 7.90. The maximum Gasteiger partial charge on any atom is 0.128 e. The molecule has 33 heavy (non-hydrogen) atoms. The monoisotopic (exact) mass is 438 g/mol. The van der Waals surface area contributed by atoms with Crippen LogP contribution in [0.3, 0.4) is 0 Å². The fraction of sp³-hybridized carbons (Fsp3) is 0.179. The van der Waals surface area contributed by atoms with E-state index in [1.54, 1.807) is 12.5 Å². The van der Waals surface area contributed by atoms with Crippen LogP contribution in [0.4, 0.5) is 11.4 Å². The summed E-state index contributed by atoms with van der Waals surface area (Å²) in [5.41, 5.74) is 13.5. The fourth-order valence-electron chi connectivity index (χ4n) is 3.75. The number of rotatable bonds is 10. The minimum atomic E-state index is 0.603. The highest BCUT2D eigenvalue weighted by Crippen LogP contribution is 2.28. The SMILES string of the molecule is CC/C=C(/Cc1ccccc1N)Nc1ccc(CCOc2ccccc2-c2cnc[nH]2)cc1. The molecular formula is C28H30N4O. The Balaban J connectivity index is 1.34. The molecule has 0 spiro atoms. The van der Waals surface area contributed by atoms with Crippen molar-refractivity contribution < 1.29 is 4.74 Å². The maximum atomic E-state index is 6.13. The number of H-pyrrole nitrogens is 1. The summed E-state index contributed by atoms with van der Waals surface area (Å²) in [4.78, 5) is 7.25. The topological polar surface area (TPSA) is 76.0 Å². The van der Waals surface area contributed by atoms with Crippen molar-refractivity contribution in [1.29, 1.82) is 0 Å². The van der Waals surface area contributed by atoms with Crippen molar-refractivity contribution in [3.63, 3.8) is 0 Å². The number of aromatic amines is 1. The zero-order valence-electron chi connectivity index (χ0n) is 18.9. The van der Waals surface area contributed by atoms with Gasteiger partial charge in [-0.05, 0) is 47.9 Å². The summed E-state index contributed by atoms with van der Waals surface area (Å²) in [6.45, 7) is 2.75. The van der Waals surface area contributed by atoms with Crippen molar-refractivity contribution in [2.45, 2.75) is 26.2 Å². The highest BCUT2D eigenvalue weighted by atomic mass is 16.5. The minimum absolute atomic E-state index is 0.603. The van der Waals surface area contributed by atoms with E-state index >= 15 is 0 Å². The molecule has 168 valence electrons. The van der Waals surface area contributed by atoms with E-state index in [2.05, 4.69) is 58.6 Å².